The minimum atomic E-state index is -3.87. The summed E-state index contributed by atoms with van der Waals surface area (Å²) >= 11 is 5.98. The zero-order valence-corrected chi connectivity index (χ0v) is 14.9. The molecule has 2 amide bonds. The standard InChI is InChI=1S/C14H21ClN4O4S/c1-19-4-5-23-9-10(8-19)7-17-14(20)18-13-6-11(24(16,21)22)2-3-12(13)15/h2-3,6,10H,4-5,7-9H2,1H3,(H2,16,21,22)(H2,17,18,20). The summed E-state index contributed by atoms with van der Waals surface area (Å²) in [5, 5.41) is 10.6. The van der Waals surface area contributed by atoms with Gasteiger partial charge in [-0.25, -0.2) is 18.4 Å². The molecule has 24 heavy (non-hydrogen) atoms. The maximum absolute atomic E-state index is 12.0. The number of ether oxygens (including phenoxy) is 1. The maximum atomic E-state index is 12.0. The van der Waals surface area contributed by atoms with E-state index < -0.39 is 16.1 Å². The van der Waals surface area contributed by atoms with Gasteiger partial charge in [0.1, 0.15) is 0 Å². The van der Waals surface area contributed by atoms with Crippen LogP contribution in [0.5, 0.6) is 0 Å². The Labute approximate surface area is 146 Å². The van der Waals surface area contributed by atoms with Crippen LogP contribution in [0.15, 0.2) is 23.1 Å². The molecular weight excluding hydrogens is 356 g/mol. The van der Waals surface area contributed by atoms with Crippen LogP contribution < -0.4 is 15.8 Å². The Balaban J connectivity index is 1.94. The number of rotatable bonds is 4. The van der Waals surface area contributed by atoms with E-state index in [1.165, 1.54) is 18.2 Å². The Morgan fingerprint density at radius 3 is 2.96 bits per heavy atom. The SMILES string of the molecule is CN1CCOCC(CNC(=O)Nc2cc(S(N)(=O)=O)ccc2Cl)C1. The first-order valence-corrected chi connectivity index (χ1v) is 9.31. The van der Waals surface area contributed by atoms with E-state index in [0.29, 0.717) is 19.8 Å². The van der Waals surface area contributed by atoms with Crippen LogP contribution in [0.2, 0.25) is 5.02 Å². The fourth-order valence-corrected chi connectivity index (χ4v) is 3.06. The molecular formula is C14H21ClN4O4S. The second-order valence-corrected chi connectivity index (χ2v) is 7.69. The van der Waals surface area contributed by atoms with Gasteiger partial charge >= 0.3 is 6.03 Å². The number of carbonyl (C=O) groups is 1. The Kier molecular flexibility index (Phi) is 6.41. The molecule has 2 rings (SSSR count). The van der Waals surface area contributed by atoms with Gasteiger partial charge in [-0.2, -0.15) is 0 Å². The van der Waals surface area contributed by atoms with Crippen molar-refractivity contribution in [2.45, 2.75) is 4.90 Å². The van der Waals surface area contributed by atoms with Crippen molar-refractivity contribution in [2.75, 3.05) is 45.2 Å². The Bertz CT molecular complexity index is 698. The summed E-state index contributed by atoms with van der Waals surface area (Å²) in [4.78, 5) is 14.0. The van der Waals surface area contributed by atoms with Crippen molar-refractivity contribution in [1.29, 1.82) is 0 Å². The van der Waals surface area contributed by atoms with Crippen molar-refractivity contribution in [2.24, 2.45) is 11.1 Å². The zero-order chi connectivity index (χ0) is 17.7. The third kappa shape index (κ3) is 5.60. The quantitative estimate of drug-likeness (QED) is 0.715. The van der Waals surface area contributed by atoms with Gasteiger partial charge in [-0.05, 0) is 25.2 Å². The number of benzene rings is 1. The van der Waals surface area contributed by atoms with Gasteiger partial charge in [0.2, 0.25) is 10.0 Å². The number of sulfonamides is 1. The van der Waals surface area contributed by atoms with E-state index in [4.69, 9.17) is 21.5 Å². The minimum Gasteiger partial charge on any atom is -0.380 e. The number of nitrogens with one attached hydrogen (secondary N) is 2. The lowest BCUT2D eigenvalue weighted by molar-refractivity contribution is 0.122. The molecule has 0 saturated carbocycles. The van der Waals surface area contributed by atoms with Crippen molar-refractivity contribution < 1.29 is 17.9 Å². The van der Waals surface area contributed by atoms with E-state index in [9.17, 15) is 13.2 Å². The summed E-state index contributed by atoms with van der Waals surface area (Å²) in [5.41, 5.74) is 0.176. The molecule has 1 unspecified atom stereocenters. The molecule has 10 heteroatoms. The smallest absolute Gasteiger partial charge is 0.319 e. The van der Waals surface area contributed by atoms with Crippen molar-refractivity contribution in [3.05, 3.63) is 23.2 Å². The average molecular weight is 377 g/mol. The number of halogens is 1. The molecule has 0 radical (unpaired) electrons. The third-order valence-corrected chi connectivity index (χ3v) is 4.85. The molecule has 1 aromatic rings. The van der Waals surface area contributed by atoms with Gasteiger partial charge in [0.25, 0.3) is 0 Å². The summed E-state index contributed by atoms with van der Waals surface area (Å²) in [6.45, 7) is 3.37. The first-order valence-electron chi connectivity index (χ1n) is 7.39. The predicted molar refractivity (Wildman–Crippen MR) is 91.7 cm³/mol. The van der Waals surface area contributed by atoms with E-state index in [1.807, 2.05) is 7.05 Å². The van der Waals surface area contributed by atoms with E-state index in [2.05, 4.69) is 15.5 Å². The van der Waals surface area contributed by atoms with Gasteiger partial charge in [0.15, 0.2) is 0 Å². The fourth-order valence-electron chi connectivity index (χ4n) is 2.36. The Hall–Kier alpha value is -1.39. The molecule has 1 heterocycles. The van der Waals surface area contributed by atoms with Gasteiger partial charge in [-0.1, -0.05) is 11.6 Å². The molecule has 134 valence electrons. The number of hydrogen-bond acceptors (Lipinski definition) is 5. The molecule has 1 atom stereocenters. The molecule has 1 aliphatic rings. The second kappa shape index (κ2) is 8.13. The van der Waals surface area contributed by atoms with Crippen molar-refractivity contribution >= 4 is 33.3 Å². The highest BCUT2D eigenvalue weighted by Gasteiger charge is 2.17. The van der Waals surface area contributed by atoms with E-state index in [0.717, 1.165) is 13.1 Å². The van der Waals surface area contributed by atoms with Gasteiger partial charge in [0, 0.05) is 25.6 Å². The first kappa shape index (κ1) is 18.9. The maximum Gasteiger partial charge on any atom is 0.319 e. The van der Waals surface area contributed by atoms with E-state index in [-0.39, 0.29) is 21.5 Å². The first-order chi connectivity index (χ1) is 11.3. The molecule has 1 saturated heterocycles. The number of likely N-dealkylation sites (N-methyl/N-ethyl adjacent to an activating group) is 1. The lowest BCUT2D eigenvalue weighted by atomic mass is 10.1. The number of hydrogen-bond donors (Lipinski definition) is 3. The lowest BCUT2D eigenvalue weighted by Gasteiger charge is -2.19. The van der Waals surface area contributed by atoms with Gasteiger partial charge in [-0.15, -0.1) is 0 Å². The third-order valence-electron chi connectivity index (χ3n) is 3.61. The number of amides is 2. The van der Waals surface area contributed by atoms with Crippen LogP contribution >= 0.6 is 11.6 Å². The van der Waals surface area contributed by atoms with Crippen LogP contribution in [0, 0.1) is 5.92 Å². The summed E-state index contributed by atoms with van der Waals surface area (Å²) in [5.74, 6) is 0.175. The highest BCUT2D eigenvalue weighted by molar-refractivity contribution is 7.89. The molecule has 0 aromatic heterocycles. The number of carbonyl (C=O) groups excluding carboxylic acids is 1. The normalized spacial score (nSPS) is 19.5. The summed E-state index contributed by atoms with van der Waals surface area (Å²) in [6, 6.07) is 3.39. The molecule has 4 N–H and O–H groups in total. The average Bonchev–Trinajstić information content (AvgIpc) is 2.70. The molecule has 8 nitrogen and oxygen atoms in total. The molecule has 1 aliphatic heterocycles. The topological polar surface area (TPSA) is 114 Å². The fraction of sp³-hybridized carbons (Fsp3) is 0.500. The second-order valence-electron chi connectivity index (χ2n) is 5.72. The summed E-state index contributed by atoms with van der Waals surface area (Å²) < 4.78 is 28.2. The largest absolute Gasteiger partial charge is 0.380 e. The van der Waals surface area contributed by atoms with Crippen molar-refractivity contribution in [3.63, 3.8) is 0 Å². The van der Waals surface area contributed by atoms with Crippen LogP contribution in [0.3, 0.4) is 0 Å². The Morgan fingerprint density at radius 2 is 2.25 bits per heavy atom. The van der Waals surface area contributed by atoms with Gasteiger partial charge in [-0.3, -0.25) is 0 Å². The highest BCUT2D eigenvalue weighted by Crippen LogP contribution is 2.24. The molecule has 1 aromatic carbocycles. The van der Waals surface area contributed by atoms with Crippen molar-refractivity contribution in [1.82, 2.24) is 10.2 Å². The van der Waals surface area contributed by atoms with E-state index >= 15 is 0 Å². The summed E-state index contributed by atoms with van der Waals surface area (Å²) in [7, 11) is -1.87. The number of primary sulfonamides is 1. The number of anilines is 1. The monoisotopic (exact) mass is 376 g/mol. The predicted octanol–water partition coefficient (Wildman–Crippen LogP) is 0.687. The minimum absolute atomic E-state index is 0.124. The van der Waals surface area contributed by atoms with Crippen molar-refractivity contribution in [3.8, 4) is 0 Å². The van der Waals surface area contributed by atoms with Crippen LogP contribution in [0.25, 0.3) is 0 Å². The molecule has 1 fully saturated rings. The van der Waals surface area contributed by atoms with Crippen LogP contribution in [-0.4, -0.2) is 59.2 Å². The van der Waals surface area contributed by atoms with Crippen LogP contribution in [0.4, 0.5) is 10.5 Å². The molecule has 0 bridgehead atoms. The van der Waals surface area contributed by atoms with Gasteiger partial charge < -0.3 is 20.3 Å². The number of nitrogens with two attached hydrogens (primary N) is 1. The lowest BCUT2D eigenvalue weighted by Crippen LogP contribution is -2.37. The number of nitrogens with zero attached hydrogens (tertiary/aromatic N) is 1. The number of urea groups is 1. The van der Waals surface area contributed by atoms with Crippen LogP contribution in [0.1, 0.15) is 0 Å². The molecule has 0 aliphatic carbocycles. The van der Waals surface area contributed by atoms with Gasteiger partial charge in [0.05, 0.1) is 28.8 Å². The van der Waals surface area contributed by atoms with E-state index in [1.54, 1.807) is 0 Å². The molecule has 0 spiro atoms. The Morgan fingerprint density at radius 1 is 1.50 bits per heavy atom. The summed E-state index contributed by atoms with van der Waals surface area (Å²) in [6.07, 6.45) is 0. The highest BCUT2D eigenvalue weighted by atomic mass is 35.5. The zero-order valence-electron chi connectivity index (χ0n) is 13.3. The van der Waals surface area contributed by atoms with Crippen LogP contribution in [-0.2, 0) is 14.8 Å².